The Bertz CT molecular complexity index is 614. The zero-order valence-electron chi connectivity index (χ0n) is 11.4. The van der Waals surface area contributed by atoms with Crippen LogP contribution < -0.4 is 5.32 Å². The van der Waals surface area contributed by atoms with Crippen LogP contribution >= 0.6 is 0 Å². The van der Waals surface area contributed by atoms with Gasteiger partial charge in [0.25, 0.3) is 5.69 Å². The molecule has 1 aromatic carbocycles. The summed E-state index contributed by atoms with van der Waals surface area (Å²) in [4.78, 5) is 18.6. The van der Waals surface area contributed by atoms with E-state index >= 15 is 0 Å². The van der Waals surface area contributed by atoms with Gasteiger partial charge >= 0.3 is 0 Å². The van der Waals surface area contributed by atoms with Crippen LogP contribution in [0.5, 0.6) is 0 Å². The highest BCUT2D eigenvalue weighted by Crippen LogP contribution is 2.16. The first-order chi connectivity index (χ1) is 9.56. The van der Waals surface area contributed by atoms with Crippen molar-refractivity contribution in [1.82, 2.24) is 9.97 Å². The molecule has 6 heteroatoms. The molecule has 0 spiro atoms. The number of rotatable bonds is 5. The Kier molecular flexibility index (Phi) is 4.24. The van der Waals surface area contributed by atoms with Gasteiger partial charge in [-0.2, -0.15) is 0 Å². The van der Waals surface area contributed by atoms with Gasteiger partial charge in [0.05, 0.1) is 4.92 Å². The van der Waals surface area contributed by atoms with Crippen molar-refractivity contribution in [2.24, 2.45) is 0 Å². The van der Waals surface area contributed by atoms with E-state index in [9.17, 15) is 10.1 Å². The summed E-state index contributed by atoms with van der Waals surface area (Å²) in [6.07, 6.45) is 1.52. The van der Waals surface area contributed by atoms with Gasteiger partial charge in [0, 0.05) is 30.4 Å². The number of non-ortho nitro benzene ring substituents is 1. The van der Waals surface area contributed by atoms with E-state index in [-0.39, 0.29) is 5.69 Å². The maximum atomic E-state index is 10.7. The van der Waals surface area contributed by atoms with Crippen LogP contribution in [0, 0.1) is 10.1 Å². The van der Waals surface area contributed by atoms with Crippen LogP contribution in [-0.2, 0) is 6.54 Å². The molecule has 6 nitrogen and oxygen atoms in total. The van der Waals surface area contributed by atoms with Crippen LogP contribution in [0.1, 0.15) is 31.0 Å². The molecule has 0 fully saturated rings. The van der Waals surface area contributed by atoms with Crippen molar-refractivity contribution >= 4 is 11.5 Å². The summed E-state index contributed by atoms with van der Waals surface area (Å²) >= 11 is 0. The number of nitro benzene ring substituents is 1. The highest BCUT2D eigenvalue weighted by molar-refractivity contribution is 5.39. The van der Waals surface area contributed by atoms with Crippen LogP contribution in [-0.4, -0.2) is 14.9 Å². The lowest BCUT2D eigenvalue weighted by Gasteiger charge is -2.08. The van der Waals surface area contributed by atoms with Gasteiger partial charge in [-0.1, -0.05) is 26.0 Å². The fraction of sp³-hybridized carbons (Fsp3) is 0.286. The average Bonchev–Trinajstić information content (AvgIpc) is 2.45. The number of nitrogens with one attached hydrogen (secondary N) is 1. The molecule has 20 heavy (non-hydrogen) atoms. The predicted octanol–water partition coefficient (Wildman–Crippen LogP) is 3.12. The lowest BCUT2D eigenvalue weighted by Crippen LogP contribution is -2.04. The Hall–Kier alpha value is -2.50. The second kappa shape index (κ2) is 6.10. The molecule has 0 aliphatic carbocycles. The molecule has 0 atom stereocenters. The summed E-state index contributed by atoms with van der Waals surface area (Å²) in [5.74, 6) is 1.05. The second-order valence-electron chi connectivity index (χ2n) is 4.76. The summed E-state index contributed by atoms with van der Waals surface area (Å²) in [6, 6.07) is 8.43. The highest BCUT2D eigenvalue weighted by atomic mass is 16.6. The number of benzene rings is 1. The predicted molar refractivity (Wildman–Crippen MR) is 76.5 cm³/mol. The van der Waals surface area contributed by atoms with Crippen molar-refractivity contribution < 1.29 is 4.92 Å². The molecular formula is C14H16N4O2. The first-order valence-corrected chi connectivity index (χ1v) is 6.35. The molecule has 104 valence electrons. The lowest BCUT2D eigenvalue weighted by atomic mass is 10.1. The summed E-state index contributed by atoms with van der Waals surface area (Å²) in [6.45, 7) is 4.61. The smallest absolute Gasteiger partial charge is 0.269 e. The van der Waals surface area contributed by atoms with Crippen LogP contribution in [0.2, 0.25) is 0 Å². The van der Waals surface area contributed by atoms with Crippen LogP contribution in [0.4, 0.5) is 11.5 Å². The number of nitrogens with zero attached hydrogens (tertiary/aromatic N) is 3. The Morgan fingerprint density at radius 3 is 2.80 bits per heavy atom. The molecule has 0 bridgehead atoms. The number of nitro groups is 1. The largest absolute Gasteiger partial charge is 0.366 e. The average molecular weight is 272 g/mol. The minimum Gasteiger partial charge on any atom is -0.366 e. The molecule has 1 heterocycles. The standard InChI is InChI=1S/C14H16N4O2/c1-10(2)13-7-14(17-9-16-13)15-8-11-4-3-5-12(6-11)18(19)20/h3-7,9-10H,8H2,1-2H3,(H,15,16,17). The minimum atomic E-state index is -0.398. The molecule has 0 unspecified atom stereocenters. The quantitative estimate of drug-likeness (QED) is 0.668. The van der Waals surface area contributed by atoms with Crippen molar-refractivity contribution in [1.29, 1.82) is 0 Å². The fourth-order valence-electron chi connectivity index (χ4n) is 1.76. The van der Waals surface area contributed by atoms with Gasteiger partial charge in [-0.05, 0) is 11.5 Å². The summed E-state index contributed by atoms with van der Waals surface area (Å²) in [7, 11) is 0. The molecule has 0 saturated carbocycles. The Morgan fingerprint density at radius 1 is 1.30 bits per heavy atom. The number of hydrogen-bond donors (Lipinski definition) is 1. The SMILES string of the molecule is CC(C)c1cc(NCc2cccc([N+](=O)[O-])c2)ncn1. The van der Waals surface area contributed by atoms with Crippen molar-refractivity contribution in [3.63, 3.8) is 0 Å². The molecule has 0 aliphatic rings. The summed E-state index contributed by atoms with van der Waals surface area (Å²) < 4.78 is 0. The van der Waals surface area contributed by atoms with Gasteiger partial charge in [0.15, 0.2) is 0 Å². The molecule has 0 saturated heterocycles. The van der Waals surface area contributed by atoms with E-state index < -0.39 is 4.92 Å². The van der Waals surface area contributed by atoms with E-state index in [0.29, 0.717) is 12.5 Å². The topological polar surface area (TPSA) is 81.0 Å². The van der Waals surface area contributed by atoms with E-state index in [0.717, 1.165) is 17.1 Å². The van der Waals surface area contributed by atoms with Gasteiger partial charge < -0.3 is 5.32 Å². The van der Waals surface area contributed by atoms with E-state index in [1.54, 1.807) is 12.1 Å². The molecule has 0 amide bonds. The summed E-state index contributed by atoms with van der Waals surface area (Å²) in [5.41, 5.74) is 1.89. The molecule has 1 aromatic heterocycles. The number of aromatic nitrogens is 2. The third kappa shape index (κ3) is 3.50. The normalized spacial score (nSPS) is 10.6. The van der Waals surface area contributed by atoms with Gasteiger partial charge in [0.1, 0.15) is 12.1 Å². The highest BCUT2D eigenvalue weighted by Gasteiger charge is 2.06. The van der Waals surface area contributed by atoms with Crippen molar-refractivity contribution in [2.75, 3.05) is 5.32 Å². The fourth-order valence-corrected chi connectivity index (χ4v) is 1.76. The third-order valence-corrected chi connectivity index (χ3v) is 2.87. The Balaban J connectivity index is 2.07. The molecule has 2 aromatic rings. The maximum Gasteiger partial charge on any atom is 0.269 e. The first-order valence-electron chi connectivity index (χ1n) is 6.35. The van der Waals surface area contributed by atoms with Crippen LogP contribution in [0.3, 0.4) is 0 Å². The molecule has 2 rings (SSSR count). The Labute approximate surface area is 117 Å². The van der Waals surface area contributed by atoms with Gasteiger partial charge in [-0.3, -0.25) is 10.1 Å². The monoisotopic (exact) mass is 272 g/mol. The maximum absolute atomic E-state index is 10.7. The van der Waals surface area contributed by atoms with Gasteiger partial charge in [-0.15, -0.1) is 0 Å². The lowest BCUT2D eigenvalue weighted by molar-refractivity contribution is -0.384. The van der Waals surface area contributed by atoms with E-state index in [4.69, 9.17) is 0 Å². The molecular weight excluding hydrogens is 256 g/mol. The van der Waals surface area contributed by atoms with Crippen LogP contribution in [0.25, 0.3) is 0 Å². The van der Waals surface area contributed by atoms with Crippen molar-refractivity contribution in [3.05, 3.63) is 58.0 Å². The second-order valence-corrected chi connectivity index (χ2v) is 4.76. The molecule has 0 radical (unpaired) electrons. The van der Waals surface area contributed by atoms with E-state index in [1.165, 1.54) is 12.4 Å². The minimum absolute atomic E-state index is 0.0925. The number of anilines is 1. The van der Waals surface area contributed by atoms with Crippen molar-refractivity contribution in [3.8, 4) is 0 Å². The van der Waals surface area contributed by atoms with Crippen LogP contribution in [0.15, 0.2) is 36.7 Å². The zero-order chi connectivity index (χ0) is 14.5. The molecule has 1 N–H and O–H groups in total. The van der Waals surface area contributed by atoms with E-state index in [2.05, 4.69) is 29.1 Å². The van der Waals surface area contributed by atoms with Gasteiger partial charge in [-0.25, -0.2) is 9.97 Å². The van der Waals surface area contributed by atoms with E-state index in [1.807, 2.05) is 12.1 Å². The first kappa shape index (κ1) is 13.9. The number of hydrogen-bond acceptors (Lipinski definition) is 5. The summed E-state index contributed by atoms with van der Waals surface area (Å²) in [5, 5.41) is 13.9. The Morgan fingerprint density at radius 2 is 2.10 bits per heavy atom. The third-order valence-electron chi connectivity index (χ3n) is 2.87. The van der Waals surface area contributed by atoms with Crippen molar-refractivity contribution in [2.45, 2.75) is 26.3 Å². The zero-order valence-corrected chi connectivity index (χ0v) is 11.4. The van der Waals surface area contributed by atoms with Gasteiger partial charge in [0.2, 0.25) is 0 Å². The molecule has 0 aliphatic heterocycles.